The molecule has 1 aliphatic heterocycles. The summed E-state index contributed by atoms with van der Waals surface area (Å²) in [6.45, 7) is 1.73. The van der Waals surface area contributed by atoms with Gasteiger partial charge in [0.25, 0.3) is 0 Å². The van der Waals surface area contributed by atoms with Gasteiger partial charge in [-0.05, 0) is 50.7 Å². The maximum atomic E-state index is 11.1. The van der Waals surface area contributed by atoms with Crippen molar-refractivity contribution in [3.8, 4) is 11.5 Å². The van der Waals surface area contributed by atoms with E-state index in [-0.39, 0.29) is 5.92 Å². The van der Waals surface area contributed by atoms with Gasteiger partial charge in [-0.3, -0.25) is 0 Å². The van der Waals surface area contributed by atoms with Crippen molar-refractivity contribution in [3.05, 3.63) is 24.3 Å². The average Bonchev–Trinajstić information content (AvgIpc) is 2.62. The van der Waals surface area contributed by atoms with Crippen LogP contribution in [0, 0.1) is 5.92 Å². The second-order valence-corrected chi connectivity index (χ2v) is 6.87. The van der Waals surface area contributed by atoms with Gasteiger partial charge in [0.2, 0.25) is 0 Å². The first-order valence-electron chi connectivity index (χ1n) is 9.09. The number of para-hydroxylation sites is 2. The first-order valence-corrected chi connectivity index (χ1v) is 9.09. The molecule has 0 bridgehead atoms. The maximum Gasteiger partial charge on any atom is 0.407 e. The molecule has 1 N–H and O–H groups in total. The third kappa shape index (κ3) is 4.56. The highest BCUT2D eigenvalue weighted by atomic mass is 16.5. The third-order valence-corrected chi connectivity index (χ3v) is 4.96. The molecule has 132 valence electrons. The first-order chi connectivity index (χ1) is 11.7. The summed E-state index contributed by atoms with van der Waals surface area (Å²) in [6, 6.07) is 7.83. The lowest BCUT2D eigenvalue weighted by atomic mass is 9.98. The number of benzene rings is 1. The second kappa shape index (κ2) is 8.27. The van der Waals surface area contributed by atoms with Gasteiger partial charge in [0.1, 0.15) is 0 Å². The van der Waals surface area contributed by atoms with Crippen molar-refractivity contribution >= 4 is 6.09 Å². The molecule has 1 saturated carbocycles. The van der Waals surface area contributed by atoms with Crippen LogP contribution in [0.3, 0.4) is 0 Å². The molecule has 1 aromatic carbocycles. The molecule has 2 fully saturated rings. The van der Waals surface area contributed by atoms with Gasteiger partial charge in [0.15, 0.2) is 11.5 Å². The zero-order valence-corrected chi connectivity index (χ0v) is 14.2. The number of hydrogen-bond donors (Lipinski definition) is 1. The van der Waals surface area contributed by atoms with Gasteiger partial charge in [-0.1, -0.05) is 18.6 Å². The van der Waals surface area contributed by atoms with Gasteiger partial charge >= 0.3 is 6.09 Å². The summed E-state index contributed by atoms with van der Waals surface area (Å²) in [6.07, 6.45) is 7.38. The molecule has 5 nitrogen and oxygen atoms in total. The molecular weight excluding hydrogens is 306 g/mol. The highest BCUT2D eigenvalue weighted by Gasteiger charge is 2.24. The van der Waals surface area contributed by atoms with Crippen LogP contribution in [0.4, 0.5) is 4.79 Å². The van der Waals surface area contributed by atoms with E-state index in [4.69, 9.17) is 14.6 Å². The van der Waals surface area contributed by atoms with Crippen molar-refractivity contribution in [1.82, 2.24) is 4.90 Å². The zero-order valence-electron chi connectivity index (χ0n) is 14.2. The van der Waals surface area contributed by atoms with Crippen LogP contribution in [-0.2, 0) is 0 Å². The standard InChI is InChI=1S/C19H27NO4/c21-19(22)20-12-6-7-15(13-20)14-23-17-10-4-5-11-18(17)24-16-8-2-1-3-9-16/h4-5,10-11,15-16H,1-3,6-9,12-14H2,(H,21,22). The quantitative estimate of drug-likeness (QED) is 0.879. The Balaban J connectivity index is 1.55. The van der Waals surface area contributed by atoms with Crippen LogP contribution in [0.15, 0.2) is 24.3 Å². The number of ether oxygens (including phenoxy) is 2. The van der Waals surface area contributed by atoms with Gasteiger partial charge < -0.3 is 19.5 Å². The van der Waals surface area contributed by atoms with Crippen LogP contribution in [-0.4, -0.2) is 41.9 Å². The first kappa shape index (κ1) is 16.9. The van der Waals surface area contributed by atoms with Gasteiger partial charge in [0, 0.05) is 19.0 Å². The maximum absolute atomic E-state index is 11.1. The van der Waals surface area contributed by atoms with E-state index in [1.54, 1.807) is 0 Å². The highest BCUT2D eigenvalue weighted by molar-refractivity contribution is 5.65. The van der Waals surface area contributed by atoms with Crippen molar-refractivity contribution in [2.24, 2.45) is 5.92 Å². The fraction of sp³-hybridized carbons (Fsp3) is 0.632. The minimum absolute atomic E-state index is 0.248. The molecule has 1 aliphatic carbocycles. The minimum atomic E-state index is -0.833. The van der Waals surface area contributed by atoms with E-state index in [2.05, 4.69) is 0 Å². The predicted molar refractivity (Wildman–Crippen MR) is 91.8 cm³/mol. The number of amides is 1. The molecule has 0 spiro atoms. The summed E-state index contributed by atoms with van der Waals surface area (Å²) in [5, 5.41) is 9.13. The summed E-state index contributed by atoms with van der Waals surface area (Å²) >= 11 is 0. The largest absolute Gasteiger partial charge is 0.489 e. The Morgan fingerprint density at radius 3 is 2.58 bits per heavy atom. The van der Waals surface area contributed by atoms with Crippen molar-refractivity contribution in [1.29, 1.82) is 0 Å². The Morgan fingerprint density at radius 2 is 1.83 bits per heavy atom. The number of carboxylic acid groups (broad SMARTS) is 1. The van der Waals surface area contributed by atoms with Gasteiger partial charge in [0.05, 0.1) is 12.7 Å². The molecular formula is C19H27NO4. The van der Waals surface area contributed by atoms with Gasteiger partial charge in [-0.15, -0.1) is 0 Å². The van der Waals surface area contributed by atoms with E-state index in [1.807, 2.05) is 24.3 Å². The minimum Gasteiger partial charge on any atom is -0.489 e. The van der Waals surface area contributed by atoms with Crippen molar-refractivity contribution in [2.45, 2.75) is 51.0 Å². The van der Waals surface area contributed by atoms with Crippen molar-refractivity contribution in [2.75, 3.05) is 19.7 Å². The molecule has 1 heterocycles. The lowest BCUT2D eigenvalue weighted by molar-refractivity contribution is 0.101. The molecule has 1 aromatic rings. The Bertz CT molecular complexity index is 542. The second-order valence-electron chi connectivity index (χ2n) is 6.87. The van der Waals surface area contributed by atoms with Crippen molar-refractivity contribution in [3.63, 3.8) is 0 Å². The lowest BCUT2D eigenvalue weighted by Crippen LogP contribution is -2.40. The Morgan fingerprint density at radius 1 is 1.08 bits per heavy atom. The van der Waals surface area contributed by atoms with Crippen LogP contribution in [0.5, 0.6) is 11.5 Å². The molecule has 1 atom stereocenters. The molecule has 24 heavy (non-hydrogen) atoms. The van der Waals surface area contributed by atoms with Crippen LogP contribution >= 0.6 is 0 Å². The summed E-state index contributed by atoms with van der Waals surface area (Å²) in [4.78, 5) is 12.6. The molecule has 3 rings (SSSR count). The number of likely N-dealkylation sites (tertiary alicyclic amines) is 1. The number of hydrogen-bond acceptors (Lipinski definition) is 3. The van der Waals surface area contributed by atoms with Gasteiger partial charge in [-0.25, -0.2) is 4.79 Å². The molecule has 0 aromatic heterocycles. The fourth-order valence-corrected chi connectivity index (χ4v) is 3.61. The molecule has 0 radical (unpaired) electrons. The Hall–Kier alpha value is -1.91. The molecule has 1 amide bonds. The van der Waals surface area contributed by atoms with Crippen LogP contribution in [0.25, 0.3) is 0 Å². The van der Waals surface area contributed by atoms with E-state index in [9.17, 15) is 4.79 Å². The fourth-order valence-electron chi connectivity index (χ4n) is 3.61. The van der Waals surface area contributed by atoms with E-state index in [0.717, 1.165) is 37.2 Å². The number of piperidine rings is 1. The summed E-state index contributed by atoms with van der Waals surface area (Å²) in [7, 11) is 0. The molecule has 5 heteroatoms. The topological polar surface area (TPSA) is 59.0 Å². The molecule has 2 aliphatic rings. The van der Waals surface area contributed by atoms with E-state index in [1.165, 1.54) is 24.2 Å². The number of nitrogens with zero attached hydrogens (tertiary/aromatic N) is 1. The summed E-state index contributed by atoms with van der Waals surface area (Å²) in [5.41, 5.74) is 0. The predicted octanol–water partition coefficient (Wildman–Crippen LogP) is 4.17. The highest BCUT2D eigenvalue weighted by Crippen LogP contribution is 2.31. The lowest BCUT2D eigenvalue weighted by Gasteiger charge is -2.30. The number of rotatable bonds is 5. The van der Waals surface area contributed by atoms with Crippen LogP contribution in [0.2, 0.25) is 0 Å². The third-order valence-electron chi connectivity index (χ3n) is 4.96. The molecule has 1 saturated heterocycles. The zero-order chi connectivity index (χ0) is 16.8. The SMILES string of the molecule is O=C(O)N1CCCC(COc2ccccc2OC2CCCCC2)C1. The average molecular weight is 333 g/mol. The van der Waals surface area contributed by atoms with E-state index in [0.29, 0.717) is 25.8 Å². The summed E-state index contributed by atoms with van der Waals surface area (Å²) < 4.78 is 12.2. The monoisotopic (exact) mass is 333 g/mol. The summed E-state index contributed by atoms with van der Waals surface area (Å²) in [5.74, 6) is 1.84. The smallest absolute Gasteiger partial charge is 0.407 e. The van der Waals surface area contributed by atoms with E-state index < -0.39 is 6.09 Å². The van der Waals surface area contributed by atoms with Crippen molar-refractivity contribution < 1.29 is 19.4 Å². The Kier molecular flexibility index (Phi) is 5.83. The van der Waals surface area contributed by atoms with Crippen LogP contribution in [0.1, 0.15) is 44.9 Å². The van der Waals surface area contributed by atoms with Gasteiger partial charge in [-0.2, -0.15) is 0 Å². The van der Waals surface area contributed by atoms with Crippen LogP contribution < -0.4 is 9.47 Å². The Labute approximate surface area is 143 Å². The number of carbonyl (C=O) groups is 1. The normalized spacial score (nSPS) is 22.2. The molecule has 1 unspecified atom stereocenters. The van der Waals surface area contributed by atoms with E-state index >= 15 is 0 Å².